The molecule has 0 unspecified atom stereocenters. The fourth-order valence-corrected chi connectivity index (χ4v) is 3.16. The van der Waals surface area contributed by atoms with Gasteiger partial charge < -0.3 is 14.0 Å². The number of para-hydroxylation sites is 2. The molecule has 0 aliphatic heterocycles. The summed E-state index contributed by atoms with van der Waals surface area (Å²) in [5.41, 5.74) is 4.76. The number of nitrogens with zero attached hydrogens (tertiary/aromatic N) is 2. The number of amides is 1. The molecule has 7 heteroatoms. The Morgan fingerprint density at radius 3 is 2.24 bits per heavy atom. The van der Waals surface area contributed by atoms with Gasteiger partial charge in [0.25, 0.3) is 5.91 Å². The van der Waals surface area contributed by atoms with Crippen molar-refractivity contribution in [3.05, 3.63) is 114 Å². The zero-order valence-electron chi connectivity index (χ0n) is 17.8. The number of carbonyl (C=O) groups is 2. The molecule has 1 heterocycles. The summed E-state index contributed by atoms with van der Waals surface area (Å²) in [6.07, 6.45) is 5.28. The van der Waals surface area contributed by atoms with Gasteiger partial charge in [-0.15, -0.1) is 0 Å². The Labute approximate surface area is 190 Å². The number of methoxy groups -OCH3 is 1. The zero-order valence-corrected chi connectivity index (χ0v) is 17.8. The SMILES string of the molecule is COc1ccccc1C(=O)Oc1ccccc1/C=N/NC(=O)c1ccc(-n2cccc2)cc1. The molecule has 0 fully saturated rings. The van der Waals surface area contributed by atoms with Gasteiger partial charge in [0, 0.05) is 29.2 Å². The van der Waals surface area contributed by atoms with Gasteiger partial charge in [0.2, 0.25) is 0 Å². The van der Waals surface area contributed by atoms with E-state index < -0.39 is 5.97 Å². The minimum Gasteiger partial charge on any atom is -0.496 e. The summed E-state index contributed by atoms with van der Waals surface area (Å²) in [5, 5.41) is 4.02. The van der Waals surface area contributed by atoms with Crippen LogP contribution in [0.2, 0.25) is 0 Å². The van der Waals surface area contributed by atoms with Crippen molar-refractivity contribution in [3.8, 4) is 17.2 Å². The minimum absolute atomic E-state index is 0.308. The Bertz CT molecular complexity index is 1280. The van der Waals surface area contributed by atoms with Gasteiger partial charge >= 0.3 is 5.97 Å². The highest BCUT2D eigenvalue weighted by Gasteiger charge is 2.15. The van der Waals surface area contributed by atoms with Crippen LogP contribution in [0.15, 0.2) is 102 Å². The summed E-state index contributed by atoms with van der Waals surface area (Å²) in [4.78, 5) is 25.0. The molecule has 4 rings (SSSR count). The maximum atomic E-state index is 12.6. The Morgan fingerprint density at radius 1 is 0.848 bits per heavy atom. The maximum absolute atomic E-state index is 12.6. The van der Waals surface area contributed by atoms with Crippen LogP contribution in [0.3, 0.4) is 0 Å². The van der Waals surface area contributed by atoms with Gasteiger partial charge in [0.05, 0.1) is 13.3 Å². The normalized spacial score (nSPS) is 10.7. The van der Waals surface area contributed by atoms with Crippen LogP contribution in [-0.4, -0.2) is 29.8 Å². The lowest BCUT2D eigenvalue weighted by Crippen LogP contribution is -2.17. The molecule has 1 aromatic heterocycles. The van der Waals surface area contributed by atoms with E-state index in [9.17, 15) is 9.59 Å². The summed E-state index contributed by atoms with van der Waals surface area (Å²) < 4.78 is 12.7. The molecule has 0 aliphatic rings. The first kappa shape index (κ1) is 21.6. The highest BCUT2D eigenvalue weighted by atomic mass is 16.5. The minimum atomic E-state index is -0.555. The average molecular weight is 439 g/mol. The zero-order chi connectivity index (χ0) is 23.0. The van der Waals surface area contributed by atoms with Crippen molar-refractivity contribution >= 4 is 18.1 Å². The number of hydrogen-bond donors (Lipinski definition) is 1. The van der Waals surface area contributed by atoms with Gasteiger partial charge in [-0.1, -0.05) is 24.3 Å². The van der Waals surface area contributed by atoms with Crippen molar-refractivity contribution in [2.45, 2.75) is 0 Å². The average Bonchev–Trinajstić information content (AvgIpc) is 3.40. The molecule has 0 spiro atoms. The summed E-state index contributed by atoms with van der Waals surface area (Å²) in [5.74, 6) is -0.180. The van der Waals surface area contributed by atoms with Crippen molar-refractivity contribution < 1.29 is 19.1 Å². The van der Waals surface area contributed by atoms with Crippen molar-refractivity contribution in [1.29, 1.82) is 0 Å². The third-order valence-electron chi connectivity index (χ3n) is 4.85. The molecule has 3 aromatic carbocycles. The molecular formula is C26H21N3O4. The van der Waals surface area contributed by atoms with Crippen LogP contribution in [0.25, 0.3) is 5.69 Å². The number of ether oxygens (including phenoxy) is 2. The molecular weight excluding hydrogens is 418 g/mol. The van der Waals surface area contributed by atoms with Crippen LogP contribution in [0.1, 0.15) is 26.3 Å². The fraction of sp³-hybridized carbons (Fsp3) is 0.0385. The number of hydrogen-bond acceptors (Lipinski definition) is 5. The highest BCUT2D eigenvalue weighted by Crippen LogP contribution is 2.22. The van der Waals surface area contributed by atoms with E-state index in [0.717, 1.165) is 5.69 Å². The lowest BCUT2D eigenvalue weighted by Gasteiger charge is -2.10. The fourth-order valence-electron chi connectivity index (χ4n) is 3.16. The molecule has 33 heavy (non-hydrogen) atoms. The summed E-state index contributed by atoms with van der Waals surface area (Å²) in [6.45, 7) is 0. The lowest BCUT2D eigenvalue weighted by atomic mass is 10.2. The quantitative estimate of drug-likeness (QED) is 0.199. The molecule has 4 aromatic rings. The second kappa shape index (κ2) is 10.1. The first-order chi connectivity index (χ1) is 16.2. The molecule has 0 bridgehead atoms. The lowest BCUT2D eigenvalue weighted by molar-refractivity contribution is 0.0730. The number of benzene rings is 3. The predicted octanol–water partition coefficient (Wildman–Crippen LogP) is 4.47. The maximum Gasteiger partial charge on any atom is 0.347 e. The van der Waals surface area contributed by atoms with Crippen LogP contribution in [0, 0.1) is 0 Å². The van der Waals surface area contributed by atoms with E-state index in [0.29, 0.717) is 28.2 Å². The smallest absolute Gasteiger partial charge is 0.347 e. The van der Waals surface area contributed by atoms with E-state index >= 15 is 0 Å². The third kappa shape index (κ3) is 5.16. The second-order valence-electron chi connectivity index (χ2n) is 6.96. The first-order valence-corrected chi connectivity index (χ1v) is 10.2. The van der Waals surface area contributed by atoms with Gasteiger partial charge in [0.1, 0.15) is 17.1 Å². The van der Waals surface area contributed by atoms with Crippen LogP contribution < -0.4 is 14.9 Å². The predicted molar refractivity (Wildman–Crippen MR) is 125 cm³/mol. The van der Waals surface area contributed by atoms with Gasteiger partial charge in [-0.2, -0.15) is 5.10 Å². The number of esters is 1. The van der Waals surface area contributed by atoms with Crippen molar-refractivity contribution in [1.82, 2.24) is 9.99 Å². The van der Waals surface area contributed by atoms with Gasteiger partial charge in [-0.3, -0.25) is 4.79 Å². The molecule has 1 N–H and O–H groups in total. The molecule has 0 aliphatic carbocycles. The first-order valence-electron chi connectivity index (χ1n) is 10.2. The highest BCUT2D eigenvalue weighted by molar-refractivity contribution is 5.97. The molecule has 0 atom stereocenters. The van der Waals surface area contributed by atoms with Gasteiger partial charge in [-0.25, -0.2) is 10.2 Å². The molecule has 1 amide bonds. The van der Waals surface area contributed by atoms with E-state index in [1.165, 1.54) is 13.3 Å². The number of aromatic nitrogens is 1. The second-order valence-corrected chi connectivity index (χ2v) is 6.96. The monoisotopic (exact) mass is 439 g/mol. The van der Waals surface area contributed by atoms with Crippen LogP contribution in [-0.2, 0) is 0 Å². The largest absolute Gasteiger partial charge is 0.496 e. The van der Waals surface area contributed by atoms with E-state index in [1.54, 1.807) is 60.7 Å². The topological polar surface area (TPSA) is 81.9 Å². The Morgan fingerprint density at radius 2 is 1.52 bits per heavy atom. The molecule has 0 radical (unpaired) electrons. The molecule has 0 saturated carbocycles. The third-order valence-corrected chi connectivity index (χ3v) is 4.85. The number of nitrogens with one attached hydrogen (secondary N) is 1. The number of rotatable bonds is 7. The van der Waals surface area contributed by atoms with Crippen LogP contribution >= 0.6 is 0 Å². The Balaban J connectivity index is 1.42. The van der Waals surface area contributed by atoms with E-state index in [-0.39, 0.29) is 5.91 Å². The Hall–Kier alpha value is -4.65. The molecule has 164 valence electrons. The standard InChI is InChI=1S/C26H21N3O4/c1-32-24-11-5-3-9-22(24)26(31)33-23-10-4-2-8-20(23)18-27-28-25(30)19-12-14-21(15-13-19)29-16-6-7-17-29/h2-18H,1H3,(H,28,30)/b27-18+. The number of carbonyl (C=O) groups excluding carboxylic acids is 2. The molecule has 7 nitrogen and oxygen atoms in total. The molecule has 0 saturated heterocycles. The summed E-state index contributed by atoms with van der Waals surface area (Å²) in [7, 11) is 1.49. The van der Waals surface area contributed by atoms with E-state index in [1.807, 2.05) is 41.2 Å². The van der Waals surface area contributed by atoms with Crippen molar-refractivity contribution in [2.24, 2.45) is 5.10 Å². The Kier molecular flexibility index (Phi) is 6.61. The van der Waals surface area contributed by atoms with Gasteiger partial charge in [-0.05, 0) is 60.7 Å². The van der Waals surface area contributed by atoms with Crippen LogP contribution in [0.5, 0.6) is 11.5 Å². The van der Waals surface area contributed by atoms with Gasteiger partial charge in [0.15, 0.2) is 0 Å². The van der Waals surface area contributed by atoms with E-state index in [4.69, 9.17) is 9.47 Å². The number of hydrazone groups is 1. The summed E-state index contributed by atoms with van der Waals surface area (Å²) in [6, 6.07) is 24.7. The van der Waals surface area contributed by atoms with Crippen LogP contribution in [0.4, 0.5) is 0 Å². The van der Waals surface area contributed by atoms with Crippen molar-refractivity contribution in [2.75, 3.05) is 7.11 Å². The van der Waals surface area contributed by atoms with E-state index in [2.05, 4.69) is 10.5 Å². The summed E-state index contributed by atoms with van der Waals surface area (Å²) >= 11 is 0. The van der Waals surface area contributed by atoms with Crippen molar-refractivity contribution in [3.63, 3.8) is 0 Å².